The summed E-state index contributed by atoms with van der Waals surface area (Å²) in [6, 6.07) is 0. The molecule has 366 valence electrons. The van der Waals surface area contributed by atoms with Gasteiger partial charge in [-0.3, -0.25) is 14.4 Å². The second kappa shape index (κ2) is 52.0. The van der Waals surface area contributed by atoms with E-state index >= 15 is 0 Å². The first-order valence-electron chi connectivity index (χ1n) is 27.1. The molecule has 0 saturated heterocycles. The second-order valence-corrected chi connectivity index (χ2v) is 18.1. The fourth-order valence-electron chi connectivity index (χ4n) is 7.75. The van der Waals surface area contributed by atoms with E-state index in [0.29, 0.717) is 19.3 Å². The number of esters is 3. The average Bonchev–Trinajstić information content (AvgIpc) is 3.28. The Labute approximate surface area is 390 Å². The predicted molar refractivity (Wildman–Crippen MR) is 270 cm³/mol. The maximum atomic E-state index is 12.8. The van der Waals surface area contributed by atoms with E-state index in [0.717, 1.165) is 83.5 Å². The van der Waals surface area contributed by atoms with Gasteiger partial charge < -0.3 is 14.2 Å². The van der Waals surface area contributed by atoms with E-state index in [1.165, 1.54) is 154 Å². The van der Waals surface area contributed by atoms with Crippen molar-refractivity contribution in [2.24, 2.45) is 0 Å². The summed E-state index contributed by atoms with van der Waals surface area (Å²) < 4.78 is 16.8. The van der Waals surface area contributed by atoms with Crippen molar-refractivity contribution in [3.63, 3.8) is 0 Å². The standard InChI is InChI=1S/C57H102O6/c1-4-7-10-13-16-19-21-23-25-27-28-30-31-33-35-38-41-44-47-50-56(59)62-53-54(52-61-55(58)49-46-43-40-37-18-15-12-9-6-3)63-57(60)51-48-45-42-39-36-34-32-29-26-24-22-20-17-14-11-8-5-2/h8,11,17,20,23-26,54H,4-7,9-10,12-16,18-19,21-22,27-53H2,1-3H3/b11-8-,20-17-,25-23-,26-24-. The Morgan fingerprint density at radius 1 is 0.333 bits per heavy atom. The summed E-state index contributed by atoms with van der Waals surface area (Å²) in [5, 5.41) is 0. The van der Waals surface area contributed by atoms with Gasteiger partial charge in [0.05, 0.1) is 0 Å². The Kier molecular flexibility index (Phi) is 49.8. The first-order valence-corrected chi connectivity index (χ1v) is 27.1. The van der Waals surface area contributed by atoms with E-state index in [1.807, 2.05) is 0 Å². The molecule has 0 amide bonds. The summed E-state index contributed by atoms with van der Waals surface area (Å²) in [7, 11) is 0. The molecule has 0 fully saturated rings. The van der Waals surface area contributed by atoms with Crippen LogP contribution in [-0.2, 0) is 28.6 Å². The third kappa shape index (κ3) is 50.2. The van der Waals surface area contributed by atoms with Gasteiger partial charge in [-0.1, -0.05) is 230 Å². The molecule has 1 unspecified atom stereocenters. The second-order valence-electron chi connectivity index (χ2n) is 18.1. The minimum Gasteiger partial charge on any atom is -0.462 e. The van der Waals surface area contributed by atoms with Crippen LogP contribution in [0, 0.1) is 0 Å². The zero-order valence-electron chi connectivity index (χ0n) is 41.8. The zero-order valence-corrected chi connectivity index (χ0v) is 41.8. The van der Waals surface area contributed by atoms with Crippen molar-refractivity contribution in [1.29, 1.82) is 0 Å². The Hall–Kier alpha value is -2.63. The van der Waals surface area contributed by atoms with E-state index in [-0.39, 0.29) is 31.1 Å². The highest BCUT2D eigenvalue weighted by molar-refractivity contribution is 5.71. The van der Waals surface area contributed by atoms with Gasteiger partial charge in [0.2, 0.25) is 0 Å². The van der Waals surface area contributed by atoms with Crippen LogP contribution in [0.5, 0.6) is 0 Å². The number of unbranched alkanes of at least 4 members (excludes halogenated alkanes) is 30. The molecule has 1 atom stereocenters. The molecule has 0 aliphatic carbocycles. The van der Waals surface area contributed by atoms with Crippen molar-refractivity contribution in [2.75, 3.05) is 13.2 Å². The lowest BCUT2D eigenvalue weighted by atomic mass is 10.1. The Morgan fingerprint density at radius 2 is 0.619 bits per heavy atom. The summed E-state index contributed by atoms with van der Waals surface area (Å²) in [5.74, 6) is -0.881. The van der Waals surface area contributed by atoms with Gasteiger partial charge in [-0.15, -0.1) is 0 Å². The van der Waals surface area contributed by atoms with E-state index < -0.39 is 6.10 Å². The molecule has 0 aromatic heterocycles. The number of allylic oxidation sites excluding steroid dienone is 8. The van der Waals surface area contributed by atoms with Crippen LogP contribution in [0.25, 0.3) is 0 Å². The number of ether oxygens (including phenoxy) is 3. The highest BCUT2D eigenvalue weighted by Crippen LogP contribution is 2.15. The highest BCUT2D eigenvalue weighted by Gasteiger charge is 2.19. The minimum absolute atomic E-state index is 0.0756. The third-order valence-electron chi connectivity index (χ3n) is 11.8. The van der Waals surface area contributed by atoms with Crippen LogP contribution in [0.4, 0.5) is 0 Å². The molecule has 0 spiro atoms. The van der Waals surface area contributed by atoms with Gasteiger partial charge in [-0.05, 0) is 77.0 Å². The van der Waals surface area contributed by atoms with Crippen molar-refractivity contribution in [2.45, 2.75) is 284 Å². The molecule has 6 heteroatoms. The molecule has 0 aliphatic rings. The maximum absolute atomic E-state index is 12.8. The summed E-state index contributed by atoms with van der Waals surface area (Å²) in [5.41, 5.74) is 0. The van der Waals surface area contributed by atoms with Gasteiger partial charge in [0.15, 0.2) is 6.10 Å². The first-order chi connectivity index (χ1) is 31.0. The third-order valence-corrected chi connectivity index (χ3v) is 11.8. The normalized spacial score (nSPS) is 12.4. The molecule has 0 aromatic rings. The van der Waals surface area contributed by atoms with Crippen LogP contribution >= 0.6 is 0 Å². The van der Waals surface area contributed by atoms with Gasteiger partial charge in [0, 0.05) is 19.3 Å². The van der Waals surface area contributed by atoms with Crippen molar-refractivity contribution < 1.29 is 28.6 Å². The van der Waals surface area contributed by atoms with Crippen molar-refractivity contribution >= 4 is 17.9 Å². The fraction of sp³-hybridized carbons (Fsp3) is 0.807. The van der Waals surface area contributed by atoms with Gasteiger partial charge in [0.25, 0.3) is 0 Å². The molecule has 0 N–H and O–H groups in total. The molecule has 0 aromatic carbocycles. The van der Waals surface area contributed by atoms with Crippen LogP contribution in [0.2, 0.25) is 0 Å². The maximum Gasteiger partial charge on any atom is 0.306 e. The monoisotopic (exact) mass is 883 g/mol. The van der Waals surface area contributed by atoms with E-state index in [4.69, 9.17) is 14.2 Å². The number of rotatable bonds is 49. The summed E-state index contributed by atoms with van der Waals surface area (Å²) in [6.07, 6.45) is 62.4. The summed E-state index contributed by atoms with van der Waals surface area (Å²) in [4.78, 5) is 38.0. The fourth-order valence-corrected chi connectivity index (χ4v) is 7.75. The predicted octanol–water partition coefficient (Wildman–Crippen LogP) is 17.9. The molecule has 0 saturated carbocycles. The van der Waals surface area contributed by atoms with Gasteiger partial charge >= 0.3 is 17.9 Å². The molecule has 63 heavy (non-hydrogen) atoms. The molecular weight excluding hydrogens is 781 g/mol. The number of hydrogen-bond donors (Lipinski definition) is 0. The molecular formula is C57H102O6. The lowest BCUT2D eigenvalue weighted by Crippen LogP contribution is -2.30. The smallest absolute Gasteiger partial charge is 0.306 e. The van der Waals surface area contributed by atoms with E-state index in [1.54, 1.807) is 0 Å². The van der Waals surface area contributed by atoms with Crippen LogP contribution < -0.4 is 0 Å². The van der Waals surface area contributed by atoms with Crippen LogP contribution in [0.15, 0.2) is 48.6 Å². The number of hydrogen-bond acceptors (Lipinski definition) is 6. The van der Waals surface area contributed by atoms with Crippen molar-refractivity contribution in [3.05, 3.63) is 48.6 Å². The summed E-state index contributed by atoms with van der Waals surface area (Å²) in [6.45, 7) is 6.52. The Morgan fingerprint density at radius 3 is 0.984 bits per heavy atom. The van der Waals surface area contributed by atoms with Gasteiger partial charge in [-0.25, -0.2) is 0 Å². The van der Waals surface area contributed by atoms with Crippen molar-refractivity contribution in [3.8, 4) is 0 Å². The molecule has 0 bridgehead atoms. The summed E-state index contributed by atoms with van der Waals surface area (Å²) >= 11 is 0. The quantitative estimate of drug-likeness (QED) is 0.0262. The molecule has 0 aliphatic heterocycles. The Balaban J connectivity index is 4.29. The topological polar surface area (TPSA) is 78.9 Å². The zero-order chi connectivity index (χ0) is 45.8. The Bertz CT molecular complexity index is 1110. The minimum atomic E-state index is -0.775. The van der Waals surface area contributed by atoms with Crippen LogP contribution in [0.1, 0.15) is 278 Å². The molecule has 0 rings (SSSR count). The lowest BCUT2D eigenvalue weighted by Gasteiger charge is -2.18. The number of carbonyl (C=O) groups is 3. The van der Waals surface area contributed by atoms with Gasteiger partial charge in [-0.2, -0.15) is 0 Å². The molecule has 0 radical (unpaired) electrons. The van der Waals surface area contributed by atoms with Crippen LogP contribution in [0.3, 0.4) is 0 Å². The van der Waals surface area contributed by atoms with Crippen molar-refractivity contribution in [1.82, 2.24) is 0 Å². The highest BCUT2D eigenvalue weighted by atomic mass is 16.6. The average molecular weight is 883 g/mol. The number of carbonyl (C=O) groups excluding carboxylic acids is 3. The molecule has 0 heterocycles. The first kappa shape index (κ1) is 60.4. The largest absolute Gasteiger partial charge is 0.462 e. The van der Waals surface area contributed by atoms with Gasteiger partial charge in [0.1, 0.15) is 13.2 Å². The molecule has 6 nitrogen and oxygen atoms in total. The SMILES string of the molecule is CC/C=C\C/C=C\C/C=C\CCCCCCCCCC(=O)OC(COC(=O)CCCCCCCCCCC)COC(=O)CCCCCCCCCCC/C=C\CCCCCCCC. The van der Waals surface area contributed by atoms with E-state index in [2.05, 4.69) is 69.4 Å². The van der Waals surface area contributed by atoms with Crippen LogP contribution in [-0.4, -0.2) is 37.2 Å². The van der Waals surface area contributed by atoms with E-state index in [9.17, 15) is 14.4 Å². The lowest BCUT2D eigenvalue weighted by molar-refractivity contribution is -0.167.